The number of ether oxygens (including phenoxy) is 1. The number of hydrogen-bond acceptors (Lipinski definition) is 5. The van der Waals surface area contributed by atoms with Gasteiger partial charge in [0.1, 0.15) is 0 Å². The van der Waals surface area contributed by atoms with Gasteiger partial charge in [0.2, 0.25) is 5.88 Å². The van der Waals surface area contributed by atoms with Crippen LogP contribution in [-0.2, 0) is 13.0 Å². The highest BCUT2D eigenvalue weighted by atomic mass is 32.1. The lowest BCUT2D eigenvalue weighted by Crippen LogP contribution is -2.04. The van der Waals surface area contributed by atoms with Crippen LogP contribution in [-0.4, -0.2) is 16.6 Å². The molecule has 5 heteroatoms. The summed E-state index contributed by atoms with van der Waals surface area (Å²) in [6, 6.07) is 4.13. The number of rotatable bonds is 5. The lowest BCUT2D eigenvalue weighted by atomic mass is 10.4. The molecule has 0 aliphatic carbocycles. The van der Waals surface area contributed by atoms with Crippen molar-refractivity contribution in [3.63, 3.8) is 0 Å². The van der Waals surface area contributed by atoms with Gasteiger partial charge in [-0.1, -0.05) is 6.07 Å². The molecule has 2 aromatic heterocycles. The van der Waals surface area contributed by atoms with Crippen molar-refractivity contribution in [2.75, 3.05) is 6.61 Å². The molecule has 2 heterocycles. The summed E-state index contributed by atoms with van der Waals surface area (Å²) in [4.78, 5) is 9.52. The fourth-order valence-corrected chi connectivity index (χ4v) is 1.92. The maximum atomic E-state index is 5.47. The fraction of sp³-hybridized carbons (Fsp3) is 0.273. The van der Waals surface area contributed by atoms with E-state index in [-0.39, 0.29) is 0 Å². The minimum Gasteiger partial charge on any atom is -0.476 e. The second-order valence-corrected chi connectivity index (χ2v) is 4.26. The number of hydrogen-bond donors (Lipinski definition) is 1. The Morgan fingerprint density at radius 2 is 2.25 bits per heavy atom. The van der Waals surface area contributed by atoms with Crippen molar-refractivity contribution in [2.45, 2.75) is 13.0 Å². The highest BCUT2D eigenvalue weighted by Crippen LogP contribution is 2.10. The molecule has 0 atom stereocenters. The quantitative estimate of drug-likeness (QED) is 0.855. The van der Waals surface area contributed by atoms with Crippen molar-refractivity contribution < 1.29 is 4.74 Å². The molecule has 0 radical (unpaired) electrons. The van der Waals surface area contributed by atoms with Crippen LogP contribution in [0.4, 0.5) is 0 Å². The monoisotopic (exact) mass is 235 g/mol. The first-order valence-corrected chi connectivity index (χ1v) is 5.92. The zero-order chi connectivity index (χ0) is 11.2. The summed E-state index contributed by atoms with van der Waals surface area (Å²) in [7, 11) is 0. The molecule has 0 aliphatic rings. The van der Waals surface area contributed by atoms with E-state index in [4.69, 9.17) is 10.5 Å². The Labute approximate surface area is 98.1 Å². The standard InChI is InChI=1S/C11H13N3OS/c12-6-9-7-14-11(8-13-9)15-4-3-10-2-1-5-16-10/h1-2,5,7-8H,3-4,6,12H2. The molecule has 2 rings (SSSR count). The van der Waals surface area contributed by atoms with Crippen LogP contribution in [0.2, 0.25) is 0 Å². The van der Waals surface area contributed by atoms with Gasteiger partial charge in [-0.3, -0.25) is 4.98 Å². The summed E-state index contributed by atoms with van der Waals surface area (Å²) in [6.07, 6.45) is 4.15. The molecule has 84 valence electrons. The topological polar surface area (TPSA) is 61.0 Å². The molecule has 0 bridgehead atoms. The van der Waals surface area contributed by atoms with E-state index >= 15 is 0 Å². The average Bonchev–Trinajstić information content (AvgIpc) is 2.83. The third-order valence-electron chi connectivity index (χ3n) is 2.07. The zero-order valence-corrected chi connectivity index (χ0v) is 9.61. The Hall–Kier alpha value is -1.46. The van der Waals surface area contributed by atoms with Crippen molar-refractivity contribution in [1.82, 2.24) is 9.97 Å². The smallest absolute Gasteiger partial charge is 0.232 e. The van der Waals surface area contributed by atoms with Crippen molar-refractivity contribution in [3.8, 4) is 5.88 Å². The first-order chi connectivity index (χ1) is 7.88. The van der Waals surface area contributed by atoms with E-state index in [0.29, 0.717) is 19.0 Å². The van der Waals surface area contributed by atoms with Crippen molar-refractivity contribution in [2.24, 2.45) is 5.73 Å². The number of nitrogens with two attached hydrogens (primary N) is 1. The summed E-state index contributed by atoms with van der Waals surface area (Å²) in [6.45, 7) is 1.03. The van der Waals surface area contributed by atoms with Gasteiger partial charge in [0, 0.05) is 17.8 Å². The van der Waals surface area contributed by atoms with Crippen molar-refractivity contribution in [1.29, 1.82) is 0 Å². The Balaban J connectivity index is 1.81. The molecule has 4 nitrogen and oxygen atoms in total. The lowest BCUT2D eigenvalue weighted by molar-refractivity contribution is 0.308. The zero-order valence-electron chi connectivity index (χ0n) is 8.80. The highest BCUT2D eigenvalue weighted by molar-refractivity contribution is 7.09. The van der Waals surface area contributed by atoms with Crippen LogP contribution in [0.5, 0.6) is 5.88 Å². The Morgan fingerprint density at radius 3 is 2.88 bits per heavy atom. The normalized spacial score (nSPS) is 10.3. The van der Waals surface area contributed by atoms with E-state index in [1.165, 1.54) is 4.88 Å². The number of aromatic nitrogens is 2. The lowest BCUT2D eigenvalue weighted by Gasteiger charge is -2.03. The van der Waals surface area contributed by atoms with Gasteiger partial charge in [-0.25, -0.2) is 4.98 Å². The van der Waals surface area contributed by atoms with Crippen LogP contribution in [0.15, 0.2) is 29.9 Å². The van der Waals surface area contributed by atoms with Gasteiger partial charge in [-0.15, -0.1) is 11.3 Å². The van der Waals surface area contributed by atoms with E-state index in [9.17, 15) is 0 Å². The second-order valence-electron chi connectivity index (χ2n) is 3.23. The van der Waals surface area contributed by atoms with E-state index in [2.05, 4.69) is 21.4 Å². The minimum absolute atomic E-state index is 0.405. The van der Waals surface area contributed by atoms with Gasteiger partial charge < -0.3 is 10.5 Å². The van der Waals surface area contributed by atoms with E-state index in [0.717, 1.165) is 12.1 Å². The molecule has 2 aromatic rings. The maximum absolute atomic E-state index is 5.47. The van der Waals surface area contributed by atoms with E-state index in [1.54, 1.807) is 23.7 Å². The van der Waals surface area contributed by atoms with Crippen LogP contribution >= 0.6 is 11.3 Å². The Morgan fingerprint density at radius 1 is 1.31 bits per heavy atom. The van der Waals surface area contributed by atoms with Gasteiger partial charge >= 0.3 is 0 Å². The Bertz CT molecular complexity index is 413. The molecule has 0 aromatic carbocycles. The fourth-order valence-electron chi connectivity index (χ4n) is 1.23. The highest BCUT2D eigenvalue weighted by Gasteiger charge is 1.98. The third kappa shape index (κ3) is 3.01. The first-order valence-electron chi connectivity index (χ1n) is 5.04. The van der Waals surface area contributed by atoms with Gasteiger partial charge in [0.25, 0.3) is 0 Å². The van der Waals surface area contributed by atoms with Gasteiger partial charge in [0.15, 0.2) is 0 Å². The predicted molar refractivity (Wildman–Crippen MR) is 63.4 cm³/mol. The molecule has 0 fully saturated rings. The first kappa shape index (κ1) is 11.0. The van der Waals surface area contributed by atoms with Crippen molar-refractivity contribution in [3.05, 3.63) is 40.5 Å². The summed E-state index contributed by atoms with van der Waals surface area (Å²) in [5, 5.41) is 2.06. The summed E-state index contributed by atoms with van der Waals surface area (Å²) in [5.41, 5.74) is 6.19. The van der Waals surface area contributed by atoms with E-state index in [1.807, 2.05) is 6.07 Å². The third-order valence-corrected chi connectivity index (χ3v) is 3.01. The van der Waals surface area contributed by atoms with Gasteiger partial charge in [-0.2, -0.15) is 0 Å². The summed E-state index contributed by atoms with van der Waals surface area (Å²) in [5.74, 6) is 0.550. The molecule has 0 amide bonds. The SMILES string of the molecule is NCc1cnc(OCCc2cccs2)cn1. The number of thiophene rings is 1. The number of nitrogens with zero attached hydrogens (tertiary/aromatic N) is 2. The molecule has 0 spiro atoms. The maximum Gasteiger partial charge on any atom is 0.232 e. The minimum atomic E-state index is 0.405. The van der Waals surface area contributed by atoms with Crippen LogP contribution < -0.4 is 10.5 Å². The molecular formula is C11H13N3OS. The Kier molecular flexibility index (Phi) is 3.85. The summed E-state index contributed by atoms with van der Waals surface area (Å²) >= 11 is 1.73. The van der Waals surface area contributed by atoms with Crippen molar-refractivity contribution >= 4 is 11.3 Å². The van der Waals surface area contributed by atoms with Crippen LogP contribution in [0, 0.1) is 0 Å². The van der Waals surface area contributed by atoms with E-state index < -0.39 is 0 Å². The molecule has 0 unspecified atom stereocenters. The molecule has 0 saturated heterocycles. The summed E-state index contributed by atoms with van der Waals surface area (Å²) < 4.78 is 5.47. The van der Waals surface area contributed by atoms with Gasteiger partial charge in [0.05, 0.1) is 24.7 Å². The second kappa shape index (κ2) is 5.58. The largest absolute Gasteiger partial charge is 0.476 e. The van der Waals surface area contributed by atoms with Crippen LogP contribution in [0.25, 0.3) is 0 Å². The van der Waals surface area contributed by atoms with Crippen LogP contribution in [0.3, 0.4) is 0 Å². The average molecular weight is 235 g/mol. The molecule has 0 saturated carbocycles. The molecule has 2 N–H and O–H groups in total. The molecular weight excluding hydrogens is 222 g/mol. The molecule has 16 heavy (non-hydrogen) atoms. The predicted octanol–water partition coefficient (Wildman–Crippen LogP) is 1.62. The van der Waals surface area contributed by atoms with Crippen LogP contribution in [0.1, 0.15) is 10.6 Å². The van der Waals surface area contributed by atoms with Gasteiger partial charge in [-0.05, 0) is 11.4 Å². The molecule has 0 aliphatic heterocycles.